The van der Waals surface area contributed by atoms with E-state index in [0.717, 1.165) is 26.2 Å². The lowest BCUT2D eigenvalue weighted by Crippen LogP contribution is -2.54. The molecule has 0 saturated heterocycles. The summed E-state index contributed by atoms with van der Waals surface area (Å²) in [6.45, 7) is 3.36. The SMILES string of the molecule is COc1ccc(N(CC(=O)N(Cc2ccc(Br)cc2)[C@@H](Cc2ccccc2)C(=O)NC(C)C)S(C)(=O)=O)cc1. The second-order valence-corrected chi connectivity index (χ2v) is 12.3. The summed E-state index contributed by atoms with van der Waals surface area (Å²) < 4.78 is 32.7. The van der Waals surface area contributed by atoms with E-state index in [1.165, 1.54) is 12.0 Å². The van der Waals surface area contributed by atoms with Crippen molar-refractivity contribution >= 4 is 43.5 Å². The van der Waals surface area contributed by atoms with Gasteiger partial charge >= 0.3 is 0 Å². The van der Waals surface area contributed by atoms with Crippen molar-refractivity contribution in [2.45, 2.75) is 38.9 Å². The number of hydrogen-bond donors (Lipinski definition) is 1. The fraction of sp³-hybridized carbons (Fsp3) is 0.310. The monoisotopic (exact) mass is 615 g/mol. The van der Waals surface area contributed by atoms with E-state index in [1.807, 2.05) is 68.4 Å². The van der Waals surface area contributed by atoms with E-state index in [4.69, 9.17) is 4.74 Å². The van der Waals surface area contributed by atoms with E-state index in [9.17, 15) is 18.0 Å². The third-order valence-corrected chi connectivity index (χ3v) is 7.68. The first-order chi connectivity index (χ1) is 18.5. The number of amides is 2. The van der Waals surface area contributed by atoms with Crippen LogP contribution in [0.5, 0.6) is 5.75 Å². The van der Waals surface area contributed by atoms with Gasteiger partial charge < -0.3 is 15.0 Å². The van der Waals surface area contributed by atoms with Crippen LogP contribution in [0, 0.1) is 0 Å². The summed E-state index contributed by atoms with van der Waals surface area (Å²) in [4.78, 5) is 29.0. The number of benzene rings is 3. The molecule has 3 aromatic carbocycles. The second-order valence-electron chi connectivity index (χ2n) is 9.48. The summed E-state index contributed by atoms with van der Waals surface area (Å²) in [6, 6.07) is 22.3. The van der Waals surface area contributed by atoms with Crippen molar-refractivity contribution in [3.05, 3.63) is 94.5 Å². The van der Waals surface area contributed by atoms with E-state index in [-0.39, 0.29) is 24.9 Å². The van der Waals surface area contributed by atoms with Crippen molar-refractivity contribution in [3.8, 4) is 5.75 Å². The lowest BCUT2D eigenvalue weighted by Gasteiger charge is -2.34. The summed E-state index contributed by atoms with van der Waals surface area (Å²) in [7, 11) is -2.31. The Morgan fingerprint density at radius 3 is 2.08 bits per heavy atom. The Labute approximate surface area is 239 Å². The first-order valence-electron chi connectivity index (χ1n) is 12.5. The topological polar surface area (TPSA) is 96.0 Å². The zero-order chi connectivity index (χ0) is 28.6. The van der Waals surface area contributed by atoms with Crippen LogP contribution in [-0.2, 0) is 32.6 Å². The van der Waals surface area contributed by atoms with Crippen LogP contribution in [0.3, 0.4) is 0 Å². The number of rotatable bonds is 12. The highest BCUT2D eigenvalue weighted by molar-refractivity contribution is 9.10. The molecule has 0 aromatic heterocycles. The van der Waals surface area contributed by atoms with Gasteiger partial charge in [0.2, 0.25) is 21.8 Å². The molecule has 0 bridgehead atoms. The minimum Gasteiger partial charge on any atom is -0.497 e. The molecule has 0 aliphatic carbocycles. The van der Waals surface area contributed by atoms with E-state index in [1.54, 1.807) is 24.3 Å². The number of hydrogen-bond acceptors (Lipinski definition) is 5. The Hall–Kier alpha value is -3.37. The largest absolute Gasteiger partial charge is 0.497 e. The Morgan fingerprint density at radius 1 is 0.923 bits per heavy atom. The maximum atomic E-state index is 14.0. The van der Waals surface area contributed by atoms with Crippen LogP contribution in [0.1, 0.15) is 25.0 Å². The Morgan fingerprint density at radius 2 is 1.54 bits per heavy atom. The standard InChI is InChI=1S/C29H34BrN3O5S/c1-21(2)31-29(35)27(18-22-8-6-5-7-9-22)32(19-23-10-12-24(30)13-11-23)28(34)20-33(39(4,36)37)25-14-16-26(38-3)17-15-25/h5-17,21,27H,18-20H2,1-4H3,(H,31,35)/t27-/m0/s1. The van der Waals surface area contributed by atoms with Crippen LogP contribution in [0.4, 0.5) is 5.69 Å². The van der Waals surface area contributed by atoms with E-state index in [2.05, 4.69) is 21.2 Å². The molecule has 1 atom stereocenters. The third kappa shape index (κ3) is 8.83. The van der Waals surface area contributed by atoms with E-state index >= 15 is 0 Å². The number of ether oxygens (including phenoxy) is 1. The van der Waals surface area contributed by atoms with Gasteiger partial charge in [-0.05, 0) is 61.4 Å². The quantitative estimate of drug-likeness (QED) is 0.326. The van der Waals surface area contributed by atoms with Crippen molar-refractivity contribution in [1.29, 1.82) is 0 Å². The normalized spacial score (nSPS) is 12.1. The molecule has 0 unspecified atom stereocenters. The van der Waals surface area contributed by atoms with Crippen molar-refractivity contribution in [3.63, 3.8) is 0 Å². The van der Waals surface area contributed by atoms with E-state index < -0.39 is 28.5 Å². The minimum atomic E-state index is -3.83. The molecule has 3 aromatic rings. The van der Waals surface area contributed by atoms with Gasteiger partial charge in [0.15, 0.2) is 0 Å². The number of nitrogens with one attached hydrogen (secondary N) is 1. The number of halogens is 1. The van der Waals surface area contributed by atoms with Gasteiger partial charge in [-0.3, -0.25) is 13.9 Å². The van der Waals surface area contributed by atoms with Crippen LogP contribution in [-0.4, -0.2) is 57.1 Å². The molecule has 2 amide bonds. The summed E-state index contributed by atoms with van der Waals surface area (Å²) in [5.41, 5.74) is 2.00. The molecule has 39 heavy (non-hydrogen) atoms. The summed E-state index contributed by atoms with van der Waals surface area (Å²) in [5.74, 6) is -0.252. The molecule has 208 valence electrons. The zero-order valence-electron chi connectivity index (χ0n) is 22.5. The summed E-state index contributed by atoms with van der Waals surface area (Å²) >= 11 is 3.43. The number of methoxy groups -OCH3 is 1. The van der Waals surface area contributed by atoms with Crippen LogP contribution in [0.2, 0.25) is 0 Å². The van der Waals surface area contributed by atoms with E-state index in [0.29, 0.717) is 11.4 Å². The van der Waals surface area contributed by atoms with Gasteiger partial charge in [0.1, 0.15) is 18.3 Å². The van der Waals surface area contributed by atoms with Crippen LogP contribution >= 0.6 is 15.9 Å². The average molecular weight is 617 g/mol. The average Bonchev–Trinajstić information content (AvgIpc) is 2.90. The van der Waals surface area contributed by atoms with Gasteiger partial charge in [-0.1, -0.05) is 58.4 Å². The first kappa shape index (κ1) is 30.2. The van der Waals surface area contributed by atoms with Crippen molar-refractivity contribution in [2.24, 2.45) is 0 Å². The molecule has 1 N–H and O–H groups in total. The zero-order valence-corrected chi connectivity index (χ0v) is 24.9. The Balaban J connectivity index is 2.03. The first-order valence-corrected chi connectivity index (χ1v) is 15.1. The maximum absolute atomic E-state index is 14.0. The highest BCUT2D eigenvalue weighted by Gasteiger charge is 2.33. The third-order valence-electron chi connectivity index (χ3n) is 6.01. The molecule has 0 fully saturated rings. The predicted octanol–water partition coefficient (Wildman–Crippen LogP) is 4.39. The number of carbonyl (C=O) groups excluding carboxylic acids is 2. The molecular weight excluding hydrogens is 582 g/mol. The van der Waals surface area contributed by atoms with Crippen LogP contribution in [0.15, 0.2) is 83.3 Å². The molecule has 8 nitrogen and oxygen atoms in total. The fourth-order valence-electron chi connectivity index (χ4n) is 4.08. The van der Waals surface area contributed by atoms with Crippen LogP contribution in [0.25, 0.3) is 0 Å². The van der Waals surface area contributed by atoms with Gasteiger partial charge in [-0.2, -0.15) is 0 Å². The van der Waals surface area contributed by atoms with Gasteiger partial charge in [-0.25, -0.2) is 8.42 Å². The Bertz CT molecular complexity index is 1350. The molecule has 3 rings (SSSR count). The molecule has 0 radical (unpaired) electrons. The van der Waals surface area contributed by atoms with Gasteiger partial charge in [0, 0.05) is 23.5 Å². The molecular formula is C29H34BrN3O5S. The maximum Gasteiger partial charge on any atom is 0.244 e. The van der Waals surface area contributed by atoms with Gasteiger partial charge in [-0.15, -0.1) is 0 Å². The molecule has 0 spiro atoms. The number of sulfonamides is 1. The van der Waals surface area contributed by atoms with Crippen molar-refractivity contribution in [1.82, 2.24) is 10.2 Å². The lowest BCUT2D eigenvalue weighted by molar-refractivity contribution is -0.140. The number of carbonyl (C=O) groups is 2. The highest BCUT2D eigenvalue weighted by Crippen LogP contribution is 2.23. The summed E-state index contributed by atoms with van der Waals surface area (Å²) in [5, 5.41) is 2.94. The molecule has 0 aliphatic heterocycles. The minimum absolute atomic E-state index is 0.120. The van der Waals surface area contributed by atoms with Gasteiger partial charge in [0.05, 0.1) is 19.1 Å². The number of anilines is 1. The summed E-state index contributed by atoms with van der Waals surface area (Å²) in [6.07, 6.45) is 1.32. The van der Waals surface area contributed by atoms with Gasteiger partial charge in [0.25, 0.3) is 0 Å². The van der Waals surface area contributed by atoms with Crippen molar-refractivity contribution in [2.75, 3.05) is 24.2 Å². The fourth-order valence-corrected chi connectivity index (χ4v) is 5.20. The van der Waals surface area contributed by atoms with Crippen LogP contribution < -0.4 is 14.4 Å². The smallest absolute Gasteiger partial charge is 0.244 e. The Kier molecular flexibility index (Phi) is 10.5. The number of nitrogens with zero attached hydrogens (tertiary/aromatic N) is 2. The van der Waals surface area contributed by atoms with Crippen molar-refractivity contribution < 1.29 is 22.7 Å². The lowest BCUT2D eigenvalue weighted by atomic mass is 10.0. The highest BCUT2D eigenvalue weighted by atomic mass is 79.9. The molecule has 0 saturated carbocycles. The predicted molar refractivity (Wildman–Crippen MR) is 157 cm³/mol. The molecule has 0 heterocycles. The molecule has 0 aliphatic rings. The second kappa shape index (κ2) is 13.6. The molecule has 10 heteroatoms.